The Kier molecular flexibility index (Phi) is 5.44. The van der Waals surface area contributed by atoms with Gasteiger partial charge in [-0.2, -0.15) is 5.10 Å². The number of nitrogens with two attached hydrogens (primary N) is 1. The van der Waals surface area contributed by atoms with Gasteiger partial charge in [0.1, 0.15) is 4.92 Å². The van der Waals surface area contributed by atoms with Gasteiger partial charge in [0, 0.05) is 19.6 Å². The van der Waals surface area contributed by atoms with Gasteiger partial charge in [-0.25, -0.2) is 9.80 Å². The van der Waals surface area contributed by atoms with Crippen molar-refractivity contribution < 1.29 is 18.9 Å². The van der Waals surface area contributed by atoms with Crippen LogP contribution in [0.2, 0.25) is 0 Å². The maximum atomic E-state index is 11.4. The molecule has 2 N–H and O–H groups in total. The van der Waals surface area contributed by atoms with Crippen LogP contribution in [0.1, 0.15) is 5.76 Å². The summed E-state index contributed by atoms with van der Waals surface area (Å²) in [5.41, 5.74) is 5.26. The quantitative estimate of drug-likeness (QED) is 0.455. The topological polar surface area (TPSA) is 127 Å². The van der Waals surface area contributed by atoms with Crippen LogP contribution in [-0.2, 0) is 4.74 Å². The van der Waals surface area contributed by atoms with Crippen LogP contribution in [0.15, 0.2) is 21.7 Å². The highest BCUT2D eigenvalue weighted by Gasteiger charge is 2.15. The molecule has 1 aromatic heterocycles. The summed E-state index contributed by atoms with van der Waals surface area (Å²) in [6.45, 7) is 3.84. The number of rotatable bonds is 6. The van der Waals surface area contributed by atoms with Crippen LogP contribution in [0.5, 0.6) is 0 Å². The average molecular weight is 311 g/mol. The van der Waals surface area contributed by atoms with Gasteiger partial charge in [0.05, 0.1) is 32.0 Å². The molecule has 10 nitrogen and oxygen atoms in total. The highest BCUT2D eigenvalue weighted by Crippen LogP contribution is 2.14. The first kappa shape index (κ1) is 15.9. The minimum absolute atomic E-state index is 0.171. The molecule has 0 spiro atoms. The molecule has 1 fully saturated rings. The van der Waals surface area contributed by atoms with Crippen LogP contribution in [0.25, 0.3) is 0 Å². The summed E-state index contributed by atoms with van der Waals surface area (Å²) in [6, 6.07) is 1.90. The van der Waals surface area contributed by atoms with Crippen molar-refractivity contribution in [2.75, 3.05) is 39.4 Å². The van der Waals surface area contributed by atoms with E-state index in [9.17, 15) is 14.9 Å². The van der Waals surface area contributed by atoms with Crippen LogP contribution < -0.4 is 5.73 Å². The van der Waals surface area contributed by atoms with E-state index in [1.54, 1.807) is 0 Å². The van der Waals surface area contributed by atoms with Crippen LogP contribution >= 0.6 is 0 Å². The molecule has 0 unspecified atom stereocenters. The third-order valence-corrected chi connectivity index (χ3v) is 3.10. The Morgan fingerprint density at radius 3 is 2.82 bits per heavy atom. The number of ether oxygens (including phenoxy) is 1. The standard InChI is InChI=1S/C12H17N5O5/c13-12(18)16(4-3-15-5-7-21-8-6-15)14-9-10-1-2-11(22-10)17(19)20/h1-2,9H,3-8H2,(H2,13,18)/b14-9+. The summed E-state index contributed by atoms with van der Waals surface area (Å²) < 4.78 is 10.2. The number of carbonyl (C=O) groups is 1. The molecular formula is C12H17N5O5. The first-order chi connectivity index (χ1) is 10.6. The van der Waals surface area contributed by atoms with Crippen LogP contribution in [0, 0.1) is 10.1 Å². The minimum Gasteiger partial charge on any atom is -0.400 e. The average Bonchev–Trinajstić information content (AvgIpc) is 2.97. The molecule has 1 aliphatic heterocycles. The zero-order valence-electron chi connectivity index (χ0n) is 11.9. The number of hydrazone groups is 1. The number of nitrogens with zero attached hydrogens (tertiary/aromatic N) is 4. The Morgan fingerprint density at radius 2 is 2.23 bits per heavy atom. The molecule has 0 saturated carbocycles. The molecule has 0 aromatic carbocycles. The molecule has 0 atom stereocenters. The molecule has 2 heterocycles. The van der Waals surface area contributed by atoms with E-state index in [-0.39, 0.29) is 11.6 Å². The minimum atomic E-state index is -0.703. The molecule has 0 radical (unpaired) electrons. The monoisotopic (exact) mass is 311 g/mol. The van der Waals surface area contributed by atoms with Crippen LogP contribution in [-0.4, -0.2) is 66.5 Å². The number of urea groups is 1. The molecule has 2 rings (SSSR count). The normalized spacial score (nSPS) is 16.0. The smallest absolute Gasteiger partial charge is 0.400 e. The fourth-order valence-electron chi connectivity index (χ4n) is 1.92. The lowest BCUT2D eigenvalue weighted by Crippen LogP contribution is -2.42. The summed E-state index contributed by atoms with van der Waals surface area (Å²) in [7, 11) is 0. The molecule has 120 valence electrons. The first-order valence-electron chi connectivity index (χ1n) is 6.71. The summed E-state index contributed by atoms with van der Waals surface area (Å²) in [6.07, 6.45) is 1.22. The Balaban J connectivity index is 1.90. The van der Waals surface area contributed by atoms with Gasteiger partial charge < -0.3 is 14.9 Å². The van der Waals surface area contributed by atoms with Gasteiger partial charge in [0.2, 0.25) is 0 Å². The summed E-state index contributed by atoms with van der Waals surface area (Å²) in [4.78, 5) is 23.3. The number of hydrogen-bond donors (Lipinski definition) is 1. The third kappa shape index (κ3) is 4.53. The first-order valence-corrected chi connectivity index (χ1v) is 6.71. The van der Waals surface area contributed by atoms with E-state index >= 15 is 0 Å². The predicted octanol–water partition coefficient (Wildman–Crippen LogP) is 0.235. The highest BCUT2D eigenvalue weighted by atomic mass is 16.6. The van der Waals surface area contributed by atoms with Crippen molar-refractivity contribution in [3.63, 3.8) is 0 Å². The Bertz CT molecular complexity index is 552. The zero-order valence-corrected chi connectivity index (χ0v) is 11.9. The number of furan rings is 1. The molecule has 10 heteroatoms. The van der Waals surface area contributed by atoms with E-state index in [0.29, 0.717) is 26.3 Å². The number of morpholine rings is 1. The van der Waals surface area contributed by atoms with Gasteiger partial charge in [-0.15, -0.1) is 0 Å². The molecule has 1 saturated heterocycles. The van der Waals surface area contributed by atoms with Crippen molar-refractivity contribution in [1.29, 1.82) is 0 Å². The zero-order chi connectivity index (χ0) is 15.9. The maximum Gasteiger partial charge on any atom is 0.433 e. The number of hydrogen-bond acceptors (Lipinski definition) is 7. The number of primary amides is 1. The molecule has 1 aliphatic rings. The van der Waals surface area contributed by atoms with E-state index in [1.165, 1.54) is 18.3 Å². The van der Waals surface area contributed by atoms with Gasteiger partial charge >= 0.3 is 11.9 Å². The number of carbonyl (C=O) groups excluding carboxylic acids is 1. The summed E-state index contributed by atoms with van der Waals surface area (Å²) in [5.74, 6) is -0.218. The maximum absolute atomic E-state index is 11.4. The lowest BCUT2D eigenvalue weighted by atomic mass is 10.4. The van der Waals surface area contributed by atoms with Crippen LogP contribution in [0.3, 0.4) is 0 Å². The third-order valence-electron chi connectivity index (χ3n) is 3.10. The number of nitro groups is 1. The van der Waals surface area contributed by atoms with Gasteiger partial charge in [-0.3, -0.25) is 15.0 Å². The summed E-state index contributed by atoms with van der Waals surface area (Å²) >= 11 is 0. The molecule has 2 amide bonds. The van der Waals surface area contributed by atoms with Crippen molar-refractivity contribution in [3.8, 4) is 0 Å². The SMILES string of the molecule is NC(=O)N(CCN1CCOCC1)/N=C/c1ccc([N+](=O)[O-])o1. The molecule has 0 bridgehead atoms. The van der Waals surface area contributed by atoms with E-state index in [4.69, 9.17) is 14.9 Å². The van der Waals surface area contributed by atoms with Gasteiger partial charge in [-0.05, 0) is 6.07 Å². The van der Waals surface area contributed by atoms with Crippen LogP contribution in [0.4, 0.5) is 10.7 Å². The van der Waals surface area contributed by atoms with Gasteiger partial charge in [0.15, 0.2) is 5.76 Å². The Labute approximate surface area is 126 Å². The lowest BCUT2D eigenvalue weighted by Gasteiger charge is -2.27. The number of amides is 2. The second-order valence-corrected chi connectivity index (χ2v) is 4.59. The van der Waals surface area contributed by atoms with Crippen molar-refractivity contribution in [3.05, 3.63) is 28.0 Å². The highest BCUT2D eigenvalue weighted by molar-refractivity contribution is 5.79. The fraction of sp³-hybridized carbons (Fsp3) is 0.500. The molecular weight excluding hydrogens is 294 g/mol. The largest absolute Gasteiger partial charge is 0.433 e. The molecule has 1 aromatic rings. The lowest BCUT2D eigenvalue weighted by molar-refractivity contribution is -0.402. The van der Waals surface area contributed by atoms with Crippen molar-refractivity contribution in [2.45, 2.75) is 0 Å². The second-order valence-electron chi connectivity index (χ2n) is 4.59. The Morgan fingerprint density at radius 1 is 1.50 bits per heavy atom. The van der Waals surface area contributed by atoms with E-state index in [0.717, 1.165) is 18.1 Å². The van der Waals surface area contributed by atoms with Crippen molar-refractivity contribution >= 4 is 18.1 Å². The predicted molar refractivity (Wildman–Crippen MR) is 76.5 cm³/mol. The van der Waals surface area contributed by atoms with E-state index in [2.05, 4.69) is 10.0 Å². The van der Waals surface area contributed by atoms with Crippen molar-refractivity contribution in [2.24, 2.45) is 10.8 Å². The van der Waals surface area contributed by atoms with Gasteiger partial charge in [-0.1, -0.05) is 0 Å². The molecule has 22 heavy (non-hydrogen) atoms. The second kappa shape index (κ2) is 7.52. The summed E-state index contributed by atoms with van der Waals surface area (Å²) in [5, 5.41) is 15.5. The van der Waals surface area contributed by atoms with Crippen molar-refractivity contribution in [1.82, 2.24) is 9.91 Å². The van der Waals surface area contributed by atoms with E-state index < -0.39 is 11.0 Å². The Hall–Kier alpha value is -2.46. The molecule has 0 aliphatic carbocycles. The van der Waals surface area contributed by atoms with E-state index in [1.807, 2.05) is 0 Å². The van der Waals surface area contributed by atoms with Gasteiger partial charge in [0.25, 0.3) is 0 Å². The fourth-order valence-corrected chi connectivity index (χ4v) is 1.92.